The van der Waals surface area contributed by atoms with Gasteiger partial charge in [-0.15, -0.1) is 0 Å². The number of benzene rings is 2. The zero-order valence-corrected chi connectivity index (χ0v) is 16.8. The van der Waals surface area contributed by atoms with Gasteiger partial charge in [-0.3, -0.25) is 9.59 Å². The fourth-order valence-electron chi connectivity index (χ4n) is 2.61. The first-order valence-corrected chi connectivity index (χ1v) is 8.90. The molecule has 150 valence electrons. The summed E-state index contributed by atoms with van der Waals surface area (Å²) in [4.78, 5) is 26.0. The highest BCUT2D eigenvalue weighted by Crippen LogP contribution is 2.29. The zero-order chi connectivity index (χ0) is 20.7. The summed E-state index contributed by atoms with van der Waals surface area (Å²) >= 11 is 0. The second-order valence-electron chi connectivity index (χ2n) is 6.38. The molecular formula is C21H26N2O5. The van der Waals surface area contributed by atoms with Crippen LogP contribution in [0.3, 0.4) is 0 Å². The number of carbonyl (C=O) groups excluding carboxylic acids is 2. The molecule has 7 nitrogen and oxygen atoms in total. The van der Waals surface area contributed by atoms with Crippen molar-refractivity contribution in [1.82, 2.24) is 0 Å². The maximum absolute atomic E-state index is 12.6. The van der Waals surface area contributed by atoms with Crippen molar-refractivity contribution in [2.24, 2.45) is 0 Å². The van der Waals surface area contributed by atoms with Crippen LogP contribution in [-0.2, 0) is 9.59 Å². The molecule has 0 aliphatic carbocycles. The first-order chi connectivity index (χ1) is 13.3. The largest absolute Gasteiger partial charge is 0.497 e. The molecule has 0 fully saturated rings. The van der Waals surface area contributed by atoms with Crippen molar-refractivity contribution in [1.29, 1.82) is 0 Å². The SMILES string of the molecule is COc1ccc(OC)c(NC(=O)CN(C(C)=O)c2ccc(OC(C)C)cc2)c1. The molecule has 0 aromatic heterocycles. The van der Waals surface area contributed by atoms with Crippen LogP contribution >= 0.6 is 0 Å². The van der Waals surface area contributed by atoms with Crippen LogP contribution in [0.5, 0.6) is 17.2 Å². The minimum atomic E-state index is -0.357. The normalized spacial score (nSPS) is 10.4. The number of methoxy groups -OCH3 is 2. The van der Waals surface area contributed by atoms with Crippen molar-refractivity contribution in [2.45, 2.75) is 26.9 Å². The summed E-state index contributed by atoms with van der Waals surface area (Å²) in [6.07, 6.45) is 0.0541. The number of hydrogen-bond donors (Lipinski definition) is 1. The topological polar surface area (TPSA) is 77.1 Å². The minimum Gasteiger partial charge on any atom is -0.497 e. The number of anilines is 2. The maximum Gasteiger partial charge on any atom is 0.244 e. The van der Waals surface area contributed by atoms with Gasteiger partial charge in [0, 0.05) is 18.7 Å². The van der Waals surface area contributed by atoms with Crippen LogP contribution in [0.25, 0.3) is 0 Å². The summed E-state index contributed by atoms with van der Waals surface area (Å²) < 4.78 is 16.1. The lowest BCUT2D eigenvalue weighted by atomic mass is 10.2. The van der Waals surface area contributed by atoms with Crippen molar-refractivity contribution >= 4 is 23.2 Å². The Labute approximate surface area is 165 Å². The van der Waals surface area contributed by atoms with E-state index in [2.05, 4.69) is 5.32 Å². The van der Waals surface area contributed by atoms with Gasteiger partial charge in [-0.25, -0.2) is 0 Å². The quantitative estimate of drug-likeness (QED) is 0.752. The van der Waals surface area contributed by atoms with Crippen LogP contribution in [0.2, 0.25) is 0 Å². The number of ether oxygens (including phenoxy) is 3. The Bertz CT molecular complexity index is 818. The fraction of sp³-hybridized carbons (Fsp3) is 0.333. The van der Waals surface area contributed by atoms with Crippen LogP contribution in [0, 0.1) is 0 Å². The van der Waals surface area contributed by atoms with Gasteiger partial charge in [0.2, 0.25) is 11.8 Å². The van der Waals surface area contributed by atoms with Gasteiger partial charge in [-0.05, 0) is 50.2 Å². The third-order valence-corrected chi connectivity index (χ3v) is 3.88. The van der Waals surface area contributed by atoms with E-state index >= 15 is 0 Å². The van der Waals surface area contributed by atoms with Crippen LogP contribution in [0.4, 0.5) is 11.4 Å². The molecule has 0 spiro atoms. The molecule has 7 heteroatoms. The summed E-state index contributed by atoms with van der Waals surface area (Å²) in [7, 11) is 3.05. The second-order valence-corrected chi connectivity index (χ2v) is 6.38. The fourth-order valence-corrected chi connectivity index (χ4v) is 2.61. The molecule has 0 bridgehead atoms. The Kier molecular flexibility index (Phi) is 7.26. The molecule has 0 unspecified atom stereocenters. The average molecular weight is 386 g/mol. The molecule has 2 aromatic carbocycles. The zero-order valence-electron chi connectivity index (χ0n) is 16.8. The van der Waals surface area contributed by atoms with Crippen molar-refractivity contribution in [2.75, 3.05) is 31.0 Å². The van der Waals surface area contributed by atoms with E-state index in [1.807, 2.05) is 13.8 Å². The van der Waals surface area contributed by atoms with E-state index in [0.29, 0.717) is 28.6 Å². The number of carbonyl (C=O) groups is 2. The molecular weight excluding hydrogens is 360 g/mol. The number of nitrogens with one attached hydrogen (secondary N) is 1. The predicted molar refractivity (Wildman–Crippen MR) is 108 cm³/mol. The Morgan fingerprint density at radius 1 is 1.00 bits per heavy atom. The summed E-state index contributed by atoms with van der Waals surface area (Å²) in [6, 6.07) is 12.1. The minimum absolute atomic E-state index is 0.0541. The molecule has 0 saturated heterocycles. The predicted octanol–water partition coefficient (Wildman–Crippen LogP) is 3.48. The van der Waals surface area contributed by atoms with E-state index in [-0.39, 0.29) is 24.5 Å². The van der Waals surface area contributed by atoms with Crippen molar-refractivity contribution in [3.8, 4) is 17.2 Å². The third kappa shape index (κ3) is 5.64. The van der Waals surface area contributed by atoms with Crippen LogP contribution in [0.1, 0.15) is 20.8 Å². The van der Waals surface area contributed by atoms with Gasteiger partial charge < -0.3 is 24.4 Å². The van der Waals surface area contributed by atoms with Crippen molar-refractivity contribution in [3.63, 3.8) is 0 Å². The summed E-state index contributed by atoms with van der Waals surface area (Å²) in [5, 5.41) is 2.77. The Morgan fingerprint density at radius 2 is 1.64 bits per heavy atom. The summed E-state index contributed by atoms with van der Waals surface area (Å²) in [5.41, 5.74) is 1.08. The Hall–Kier alpha value is -3.22. The van der Waals surface area contributed by atoms with Gasteiger partial charge in [0.25, 0.3) is 0 Å². The van der Waals surface area contributed by atoms with Crippen molar-refractivity contribution < 1.29 is 23.8 Å². The molecule has 2 amide bonds. The van der Waals surface area contributed by atoms with Gasteiger partial charge in [0.15, 0.2) is 0 Å². The van der Waals surface area contributed by atoms with Crippen LogP contribution < -0.4 is 24.4 Å². The number of amides is 2. The third-order valence-electron chi connectivity index (χ3n) is 3.88. The molecule has 0 aliphatic heterocycles. The Morgan fingerprint density at radius 3 is 2.18 bits per heavy atom. The lowest BCUT2D eigenvalue weighted by Crippen LogP contribution is -2.36. The molecule has 0 heterocycles. The van der Waals surface area contributed by atoms with Crippen LogP contribution in [-0.4, -0.2) is 38.7 Å². The van der Waals surface area contributed by atoms with E-state index in [4.69, 9.17) is 14.2 Å². The first-order valence-electron chi connectivity index (χ1n) is 8.90. The Balaban J connectivity index is 2.14. The van der Waals surface area contributed by atoms with Gasteiger partial charge in [0.1, 0.15) is 23.8 Å². The molecule has 0 atom stereocenters. The second kappa shape index (κ2) is 9.64. The number of rotatable bonds is 8. The van der Waals surface area contributed by atoms with Gasteiger partial charge >= 0.3 is 0 Å². The van der Waals surface area contributed by atoms with Crippen molar-refractivity contribution in [3.05, 3.63) is 42.5 Å². The van der Waals surface area contributed by atoms with E-state index in [1.54, 1.807) is 42.5 Å². The van der Waals surface area contributed by atoms with E-state index < -0.39 is 0 Å². The molecule has 0 aliphatic rings. The standard InChI is InChI=1S/C21H26N2O5/c1-14(2)28-17-8-6-16(7-9-17)23(15(3)24)13-21(25)22-19-12-18(26-4)10-11-20(19)27-5/h6-12,14H,13H2,1-5H3,(H,22,25). The lowest BCUT2D eigenvalue weighted by Gasteiger charge is -2.21. The molecule has 1 N–H and O–H groups in total. The molecule has 28 heavy (non-hydrogen) atoms. The molecule has 2 aromatic rings. The highest BCUT2D eigenvalue weighted by atomic mass is 16.5. The summed E-state index contributed by atoms with van der Waals surface area (Å²) in [5.74, 6) is 1.18. The van der Waals surface area contributed by atoms with E-state index in [9.17, 15) is 9.59 Å². The summed E-state index contributed by atoms with van der Waals surface area (Å²) in [6.45, 7) is 5.15. The highest BCUT2D eigenvalue weighted by molar-refractivity contribution is 6.02. The van der Waals surface area contributed by atoms with Gasteiger partial charge in [0.05, 0.1) is 26.0 Å². The highest BCUT2D eigenvalue weighted by Gasteiger charge is 2.17. The van der Waals surface area contributed by atoms with Crippen LogP contribution in [0.15, 0.2) is 42.5 Å². The van der Waals surface area contributed by atoms with Gasteiger partial charge in [-0.1, -0.05) is 0 Å². The van der Waals surface area contributed by atoms with Gasteiger partial charge in [-0.2, -0.15) is 0 Å². The smallest absolute Gasteiger partial charge is 0.244 e. The molecule has 2 rings (SSSR count). The van der Waals surface area contributed by atoms with E-state index in [1.165, 1.54) is 26.0 Å². The maximum atomic E-state index is 12.6. The molecule has 0 radical (unpaired) electrons. The first kappa shape index (κ1) is 21.1. The average Bonchev–Trinajstić information content (AvgIpc) is 2.66. The lowest BCUT2D eigenvalue weighted by molar-refractivity contribution is -0.120. The van der Waals surface area contributed by atoms with E-state index in [0.717, 1.165) is 0 Å². The monoisotopic (exact) mass is 386 g/mol. The number of hydrogen-bond acceptors (Lipinski definition) is 5. The molecule has 0 saturated carbocycles. The number of nitrogens with zero attached hydrogens (tertiary/aromatic N) is 1.